The van der Waals surface area contributed by atoms with Crippen molar-refractivity contribution in [3.05, 3.63) is 15.9 Å². The van der Waals surface area contributed by atoms with Gasteiger partial charge in [0.2, 0.25) is 0 Å². The molecule has 0 radical (unpaired) electrons. The zero-order valence-electron chi connectivity index (χ0n) is 8.87. The van der Waals surface area contributed by atoms with Gasteiger partial charge in [-0.2, -0.15) is 5.10 Å². The molecule has 0 unspecified atom stereocenters. The van der Waals surface area contributed by atoms with Crippen LogP contribution in [-0.4, -0.2) is 16.1 Å². The Balaban J connectivity index is 2.31. The third-order valence-corrected chi connectivity index (χ3v) is 3.97. The van der Waals surface area contributed by atoms with Crippen LogP contribution < -0.4 is 0 Å². The molecule has 0 saturated heterocycles. The number of aldehydes is 1. The summed E-state index contributed by atoms with van der Waals surface area (Å²) < 4.78 is 2.56. The Morgan fingerprint density at radius 2 is 2.07 bits per heavy atom. The molecular weight excluding hydrogens is 256 g/mol. The average Bonchev–Trinajstić information content (AvgIpc) is 2.55. The SMILES string of the molecule is Cn1nc(C2CCCCC2)c(Br)c1C=O. The molecule has 0 spiro atoms. The third kappa shape index (κ3) is 2.00. The van der Waals surface area contributed by atoms with Crippen molar-refractivity contribution in [2.45, 2.75) is 38.0 Å². The summed E-state index contributed by atoms with van der Waals surface area (Å²) in [7, 11) is 1.82. The van der Waals surface area contributed by atoms with Crippen LogP contribution in [0.1, 0.15) is 54.2 Å². The summed E-state index contributed by atoms with van der Waals surface area (Å²) in [6, 6.07) is 0. The van der Waals surface area contributed by atoms with Crippen LogP contribution in [0.25, 0.3) is 0 Å². The minimum Gasteiger partial charge on any atom is -0.296 e. The summed E-state index contributed by atoms with van der Waals surface area (Å²) in [6.45, 7) is 0. The van der Waals surface area contributed by atoms with Gasteiger partial charge in [0.1, 0.15) is 5.69 Å². The topological polar surface area (TPSA) is 34.9 Å². The van der Waals surface area contributed by atoms with Crippen LogP contribution in [0, 0.1) is 0 Å². The molecule has 0 N–H and O–H groups in total. The van der Waals surface area contributed by atoms with Gasteiger partial charge >= 0.3 is 0 Å². The molecule has 2 rings (SSSR count). The van der Waals surface area contributed by atoms with Gasteiger partial charge in [0.25, 0.3) is 0 Å². The van der Waals surface area contributed by atoms with Crippen LogP contribution in [0.4, 0.5) is 0 Å². The number of hydrogen-bond acceptors (Lipinski definition) is 2. The standard InChI is InChI=1S/C11H15BrN2O/c1-14-9(7-15)10(12)11(13-14)8-5-3-2-4-6-8/h7-8H,2-6H2,1H3. The van der Waals surface area contributed by atoms with Crippen molar-refractivity contribution in [3.63, 3.8) is 0 Å². The molecule has 1 aromatic heterocycles. The van der Waals surface area contributed by atoms with Gasteiger partial charge in [-0.05, 0) is 28.8 Å². The molecule has 0 amide bonds. The first-order chi connectivity index (χ1) is 7.24. The number of nitrogens with zero attached hydrogens (tertiary/aromatic N) is 2. The molecule has 0 aromatic carbocycles. The number of aromatic nitrogens is 2. The first kappa shape index (κ1) is 10.9. The maximum atomic E-state index is 10.9. The first-order valence-electron chi connectivity index (χ1n) is 5.41. The lowest BCUT2D eigenvalue weighted by molar-refractivity contribution is 0.111. The van der Waals surface area contributed by atoms with E-state index in [-0.39, 0.29) is 0 Å². The van der Waals surface area contributed by atoms with Gasteiger partial charge in [0.05, 0.1) is 10.2 Å². The predicted molar refractivity (Wildman–Crippen MR) is 62.1 cm³/mol. The second-order valence-electron chi connectivity index (χ2n) is 4.16. The van der Waals surface area contributed by atoms with Gasteiger partial charge in [-0.1, -0.05) is 19.3 Å². The van der Waals surface area contributed by atoms with Crippen molar-refractivity contribution in [3.8, 4) is 0 Å². The van der Waals surface area contributed by atoms with Crippen molar-refractivity contribution < 1.29 is 4.79 Å². The molecule has 1 aromatic rings. The fourth-order valence-electron chi connectivity index (χ4n) is 2.30. The van der Waals surface area contributed by atoms with E-state index >= 15 is 0 Å². The molecule has 4 heteroatoms. The fourth-order valence-corrected chi connectivity index (χ4v) is 3.05. The van der Waals surface area contributed by atoms with Crippen LogP contribution in [0.2, 0.25) is 0 Å². The molecule has 1 aliphatic rings. The van der Waals surface area contributed by atoms with E-state index in [0.29, 0.717) is 11.6 Å². The summed E-state index contributed by atoms with van der Waals surface area (Å²) in [6.07, 6.45) is 7.17. The molecule has 0 atom stereocenters. The molecule has 1 heterocycles. The van der Waals surface area contributed by atoms with Crippen molar-refractivity contribution >= 4 is 22.2 Å². The van der Waals surface area contributed by atoms with Gasteiger partial charge in [-0.25, -0.2) is 0 Å². The Bertz CT molecular complexity index is 367. The smallest absolute Gasteiger partial charge is 0.169 e. The Kier molecular flexibility index (Phi) is 3.24. The van der Waals surface area contributed by atoms with Crippen molar-refractivity contribution in [1.29, 1.82) is 0 Å². The van der Waals surface area contributed by atoms with Crippen LogP contribution in [0.5, 0.6) is 0 Å². The quantitative estimate of drug-likeness (QED) is 0.775. The summed E-state index contributed by atoms with van der Waals surface area (Å²) in [5, 5.41) is 4.44. The van der Waals surface area contributed by atoms with Gasteiger partial charge in [0.15, 0.2) is 6.29 Å². The van der Waals surface area contributed by atoms with Crippen molar-refractivity contribution in [1.82, 2.24) is 9.78 Å². The van der Waals surface area contributed by atoms with E-state index in [2.05, 4.69) is 21.0 Å². The van der Waals surface area contributed by atoms with E-state index in [1.54, 1.807) is 4.68 Å². The van der Waals surface area contributed by atoms with Crippen LogP contribution in [-0.2, 0) is 7.05 Å². The second-order valence-corrected chi connectivity index (χ2v) is 4.95. The number of rotatable bonds is 2. The highest BCUT2D eigenvalue weighted by atomic mass is 79.9. The Morgan fingerprint density at radius 1 is 1.40 bits per heavy atom. The number of carbonyl (C=O) groups excluding carboxylic acids is 1. The second kappa shape index (κ2) is 4.47. The number of carbonyl (C=O) groups is 1. The lowest BCUT2D eigenvalue weighted by atomic mass is 9.87. The molecule has 3 nitrogen and oxygen atoms in total. The highest BCUT2D eigenvalue weighted by molar-refractivity contribution is 9.10. The van der Waals surface area contributed by atoms with Crippen LogP contribution in [0.15, 0.2) is 4.47 Å². The van der Waals surface area contributed by atoms with Crippen molar-refractivity contribution in [2.75, 3.05) is 0 Å². The van der Waals surface area contributed by atoms with E-state index in [1.165, 1.54) is 32.1 Å². The minimum atomic E-state index is 0.535. The monoisotopic (exact) mass is 270 g/mol. The molecule has 1 aliphatic carbocycles. The summed E-state index contributed by atoms with van der Waals surface area (Å²) in [5.41, 5.74) is 1.72. The Labute approximate surface area is 98.0 Å². The molecular formula is C11H15BrN2O. The van der Waals surface area contributed by atoms with Crippen molar-refractivity contribution in [2.24, 2.45) is 7.05 Å². The van der Waals surface area contributed by atoms with E-state index in [1.807, 2.05) is 7.05 Å². The molecule has 1 saturated carbocycles. The summed E-state index contributed by atoms with van der Waals surface area (Å²) in [4.78, 5) is 10.9. The Morgan fingerprint density at radius 3 is 2.60 bits per heavy atom. The minimum absolute atomic E-state index is 0.535. The molecule has 0 aliphatic heterocycles. The number of halogens is 1. The van der Waals surface area contributed by atoms with Gasteiger partial charge in [0, 0.05) is 13.0 Å². The maximum absolute atomic E-state index is 10.9. The number of aryl methyl sites for hydroxylation is 1. The normalized spacial score (nSPS) is 18.0. The lowest BCUT2D eigenvalue weighted by Crippen LogP contribution is -2.06. The van der Waals surface area contributed by atoms with E-state index in [0.717, 1.165) is 16.5 Å². The molecule has 0 bridgehead atoms. The lowest BCUT2D eigenvalue weighted by Gasteiger charge is -2.19. The van der Waals surface area contributed by atoms with E-state index in [9.17, 15) is 4.79 Å². The summed E-state index contributed by atoms with van der Waals surface area (Å²) in [5.74, 6) is 0.535. The average molecular weight is 271 g/mol. The van der Waals surface area contributed by atoms with Gasteiger partial charge in [-0.15, -0.1) is 0 Å². The Hall–Kier alpha value is -0.640. The third-order valence-electron chi connectivity index (χ3n) is 3.16. The maximum Gasteiger partial charge on any atom is 0.169 e. The first-order valence-corrected chi connectivity index (χ1v) is 6.21. The summed E-state index contributed by atoms with van der Waals surface area (Å²) >= 11 is 3.48. The largest absolute Gasteiger partial charge is 0.296 e. The highest BCUT2D eigenvalue weighted by Crippen LogP contribution is 2.36. The van der Waals surface area contributed by atoms with E-state index in [4.69, 9.17) is 0 Å². The van der Waals surface area contributed by atoms with Crippen LogP contribution in [0.3, 0.4) is 0 Å². The molecule has 1 fully saturated rings. The fraction of sp³-hybridized carbons (Fsp3) is 0.636. The molecule has 15 heavy (non-hydrogen) atoms. The zero-order chi connectivity index (χ0) is 10.8. The van der Waals surface area contributed by atoms with Crippen LogP contribution >= 0.6 is 15.9 Å². The highest BCUT2D eigenvalue weighted by Gasteiger charge is 2.23. The predicted octanol–water partition coefficient (Wildman–Crippen LogP) is 3.04. The zero-order valence-corrected chi connectivity index (χ0v) is 10.5. The van der Waals surface area contributed by atoms with E-state index < -0.39 is 0 Å². The number of hydrogen-bond donors (Lipinski definition) is 0. The van der Waals surface area contributed by atoms with Gasteiger partial charge in [-0.3, -0.25) is 9.48 Å². The molecule has 82 valence electrons. The van der Waals surface area contributed by atoms with Gasteiger partial charge < -0.3 is 0 Å².